The van der Waals surface area contributed by atoms with Crippen molar-refractivity contribution in [2.24, 2.45) is 22.2 Å². The molecule has 0 saturated carbocycles. The molecular weight excluding hydrogens is 456 g/mol. The predicted octanol–water partition coefficient (Wildman–Crippen LogP) is 1.97. The molecule has 0 bridgehead atoms. The lowest BCUT2D eigenvalue weighted by Gasteiger charge is -2.09. The number of nitrogens with two attached hydrogens (primary N) is 3. The Labute approximate surface area is 199 Å². The van der Waals surface area contributed by atoms with Gasteiger partial charge in [0.2, 0.25) is 21.7 Å². The standard InChI is InChI=1S/C23H32N6O4S/c24-15-3-1-5-21(30)28-17-7-11-19(12-8-17)34(32,33)20-13-9-18(10-14-20)29-22(31)6-2-4-16-27-23(25)26/h7-14H,1-6,15-16,24H2,(H,28,30)(H,29,31)(H4,25,26,27). The minimum atomic E-state index is -3.75. The van der Waals surface area contributed by atoms with Crippen molar-refractivity contribution in [2.75, 3.05) is 23.7 Å². The van der Waals surface area contributed by atoms with Gasteiger partial charge in [0.15, 0.2) is 5.96 Å². The number of nitrogens with zero attached hydrogens (tertiary/aromatic N) is 1. The highest BCUT2D eigenvalue weighted by atomic mass is 32.2. The first kappa shape index (κ1) is 26.8. The Hall–Kier alpha value is -3.44. The molecule has 0 heterocycles. The number of guanidine groups is 1. The molecule has 2 rings (SSSR count). The Morgan fingerprint density at radius 3 is 1.59 bits per heavy atom. The Bertz CT molecular complexity index is 1080. The molecule has 0 aliphatic carbocycles. The van der Waals surface area contributed by atoms with Crippen molar-refractivity contribution in [3.8, 4) is 0 Å². The van der Waals surface area contributed by atoms with E-state index in [-0.39, 0.29) is 27.6 Å². The molecular formula is C23H32N6O4S. The summed E-state index contributed by atoms with van der Waals surface area (Å²) >= 11 is 0. The van der Waals surface area contributed by atoms with Crippen molar-refractivity contribution < 1.29 is 18.0 Å². The number of amides is 2. The number of carbonyl (C=O) groups excluding carboxylic acids is 2. The van der Waals surface area contributed by atoms with Crippen molar-refractivity contribution in [2.45, 2.75) is 48.3 Å². The number of hydrogen-bond donors (Lipinski definition) is 5. The van der Waals surface area contributed by atoms with Gasteiger partial charge in [-0.15, -0.1) is 0 Å². The third-order valence-electron chi connectivity index (χ3n) is 4.86. The molecule has 11 heteroatoms. The second-order valence-corrected chi connectivity index (χ2v) is 9.61. The summed E-state index contributed by atoms with van der Waals surface area (Å²) in [6, 6.07) is 12.0. The smallest absolute Gasteiger partial charge is 0.224 e. The molecule has 184 valence electrons. The zero-order valence-corrected chi connectivity index (χ0v) is 19.8. The molecule has 0 saturated heterocycles. The van der Waals surface area contributed by atoms with E-state index in [4.69, 9.17) is 17.2 Å². The predicted molar refractivity (Wildman–Crippen MR) is 133 cm³/mol. The van der Waals surface area contributed by atoms with Crippen LogP contribution >= 0.6 is 0 Å². The largest absolute Gasteiger partial charge is 0.370 e. The summed E-state index contributed by atoms with van der Waals surface area (Å²) in [6.07, 6.45) is 3.44. The minimum Gasteiger partial charge on any atom is -0.370 e. The second kappa shape index (κ2) is 13.3. The molecule has 0 spiro atoms. The van der Waals surface area contributed by atoms with Gasteiger partial charge in [-0.25, -0.2) is 8.42 Å². The molecule has 34 heavy (non-hydrogen) atoms. The summed E-state index contributed by atoms with van der Waals surface area (Å²) in [5, 5.41) is 5.48. The van der Waals surface area contributed by atoms with Crippen LogP contribution in [0.5, 0.6) is 0 Å². The highest BCUT2D eigenvalue weighted by Crippen LogP contribution is 2.24. The molecule has 10 nitrogen and oxygen atoms in total. The van der Waals surface area contributed by atoms with E-state index in [1.54, 1.807) is 24.3 Å². The topological polar surface area (TPSA) is 183 Å². The highest BCUT2D eigenvalue weighted by Gasteiger charge is 2.18. The van der Waals surface area contributed by atoms with E-state index in [0.717, 1.165) is 6.42 Å². The molecule has 0 aliphatic rings. The number of sulfone groups is 1. The Balaban J connectivity index is 1.92. The summed E-state index contributed by atoms with van der Waals surface area (Å²) < 4.78 is 25.8. The van der Waals surface area contributed by atoms with Gasteiger partial charge in [-0.3, -0.25) is 14.6 Å². The maximum atomic E-state index is 12.9. The fraction of sp³-hybridized carbons (Fsp3) is 0.348. The van der Waals surface area contributed by atoms with Gasteiger partial charge >= 0.3 is 0 Å². The number of carbonyl (C=O) groups is 2. The van der Waals surface area contributed by atoms with Crippen molar-refractivity contribution in [3.05, 3.63) is 48.5 Å². The molecule has 2 aromatic rings. The monoisotopic (exact) mass is 488 g/mol. The molecule has 0 radical (unpaired) electrons. The first-order chi connectivity index (χ1) is 16.2. The SMILES string of the molecule is NCCCCC(=O)Nc1ccc(S(=O)(=O)c2ccc(NC(=O)CCCCN=C(N)N)cc2)cc1. The van der Waals surface area contributed by atoms with Crippen LogP contribution in [-0.2, 0) is 19.4 Å². The first-order valence-electron chi connectivity index (χ1n) is 11.0. The van der Waals surface area contributed by atoms with Crippen LogP contribution in [0.25, 0.3) is 0 Å². The molecule has 0 aromatic heterocycles. The average molecular weight is 489 g/mol. The molecule has 8 N–H and O–H groups in total. The third-order valence-corrected chi connectivity index (χ3v) is 6.65. The van der Waals surface area contributed by atoms with Gasteiger partial charge in [0.25, 0.3) is 0 Å². The molecule has 0 unspecified atom stereocenters. The second-order valence-electron chi connectivity index (χ2n) is 7.66. The van der Waals surface area contributed by atoms with Crippen LogP contribution in [0.2, 0.25) is 0 Å². The lowest BCUT2D eigenvalue weighted by Crippen LogP contribution is -2.23. The van der Waals surface area contributed by atoms with Crippen molar-refractivity contribution in [1.82, 2.24) is 0 Å². The quantitative estimate of drug-likeness (QED) is 0.162. The fourth-order valence-corrected chi connectivity index (χ4v) is 4.31. The van der Waals surface area contributed by atoms with Crippen LogP contribution in [0.4, 0.5) is 11.4 Å². The minimum absolute atomic E-state index is 0.0243. The third kappa shape index (κ3) is 8.83. The number of unbranched alkanes of at least 4 members (excludes halogenated alkanes) is 2. The van der Waals surface area contributed by atoms with E-state index < -0.39 is 9.84 Å². The van der Waals surface area contributed by atoms with E-state index in [2.05, 4.69) is 15.6 Å². The average Bonchev–Trinajstić information content (AvgIpc) is 2.79. The molecule has 0 aliphatic heterocycles. The maximum Gasteiger partial charge on any atom is 0.224 e. The van der Waals surface area contributed by atoms with E-state index in [1.807, 2.05) is 0 Å². The number of anilines is 2. The van der Waals surface area contributed by atoms with Crippen molar-refractivity contribution in [3.63, 3.8) is 0 Å². The first-order valence-corrected chi connectivity index (χ1v) is 12.5. The number of rotatable bonds is 13. The summed E-state index contributed by atoms with van der Waals surface area (Å²) in [6.45, 7) is 0.999. The van der Waals surface area contributed by atoms with E-state index in [9.17, 15) is 18.0 Å². The van der Waals surface area contributed by atoms with Gasteiger partial charge in [0.05, 0.1) is 9.79 Å². The molecule has 0 atom stereocenters. The number of benzene rings is 2. The lowest BCUT2D eigenvalue weighted by atomic mass is 10.2. The van der Waals surface area contributed by atoms with Gasteiger partial charge < -0.3 is 27.8 Å². The summed E-state index contributed by atoms with van der Waals surface area (Å²) in [7, 11) is -3.75. The number of aliphatic imine (C=N–C) groups is 1. The normalized spacial score (nSPS) is 11.0. The Kier molecular flexibility index (Phi) is 10.5. The summed E-state index contributed by atoms with van der Waals surface area (Å²) in [5.41, 5.74) is 16.9. The van der Waals surface area contributed by atoms with E-state index >= 15 is 0 Å². The summed E-state index contributed by atoms with van der Waals surface area (Å²) in [4.78, 5) is 28.0. The van der Waals surface area contributed by atoms with E-state index in [0.29, 0.717) is 56.6 Å². The summed E-state index contributed by atoms with van der Waals surface area (Å²) in [5.74, 6) is -0.298. The van der Waals surface area contributed by atoms with Crippen LogP contribution in [0, 0.1) is 0 Å². The van der Waals surface area contributed by atoms with Gasteiger partial charge in [0, 0.05) is 30.8 Å². The lowest BCUT2D eigenvalue weighted by molar-refractivity contribution is -0.117. The van der Waals surface area contributed by atoms with Crippen LogP contribution in [0.1, 0.15) is 38.5 Å². The van der Waals surface area contributed by atoms with E-state index in [1.165, 1.54) is 24.3 Å². The van der Waals surface area contributed by atoms with Crippen LogP contribution < -0.4 is 27.8 Å². The fourth-order valence-electron chi connectivity index (χ4n) is 3.05. The van der Waals surface area contributed by atoms with Crippen molar-refractivity contribution >= 4 is 39.0 Å². The molecule has 0 fully saturated rings. The van der Waals surface area contributed by atoms with Gasteiger partial charge in [0.1, 0.15) is 0 Å². The maximum absolute atomic E-state index is 12.9. The van der Waals surface area contributed by atoms with Gasteiger partial charge in [-0.05, 0) is 80.8 Å². The molecule has 2 amide bonds. The van der Waals surface area contributed by atoms with Crippen LogP contribution in [0.3, 0.4) is 0 Å². The van der Waals surface area contributed by atoms with Crippen molar-refractivity contribution in [1.29, 1.82) is 0 Å². The Morgan fingerprint density at radius 2 is 1.18 bits per heavy atom. The molecule has 2 aromatic carbocycles. The zero-order valence-electron chi connectivity index (χ0n) is 19.0. The number of nitrogens with one attached hydrogen (secondary N) is 2. The zero-order chi connectivity index (χ0) is 25.0. The van der Waals surface area contributed by atoms with Crippen LogP contribution in [0.15, 0.2) is 63.3 Å². The van der Waals surface area contributed by atoms with Crippen LogP contribution in [-0.4, -0.2) is 39.3 Å². The van der Waals surface area contributed by atoms with Gasteiger partial charge in [-0.2, -0.15) is 0 Å². The Morgan fingerprint density at radius 1 is 0.735 bits per heavy atom. The van der Waals surface area contributed by atoms with Gasteiger partial charge in [-0.1, -0.05) is 0 Å². The highest BCUT2D eigenvalue weighted by molar-refractivity contribution is 7.91. The number of hydrogen-bond acceptors (Lipinski definition) is 6.